The molecule has 2 heteroatoms. The van der Waals surface area contributed by atoms with E-state index in [1.165, 1.54) is 0 Å². The van der Waals surface area contributed by atoms with Crippen molar-refractivity contribution in [1.82, 2.24) is 0 Å². The second-order valence-corrected chi connectivity index (χ2v) is 2.80. The van der Waals surface area contributed by atoms with Crippen molar-refractivity contribution in [3.05, 3.63) is 29.3 Å². The highest BCUT2D eigenvalue weighted by Gasteiger charge is 2.05. The standard InChI is InChI=1S/C11H12O2/c1-4-10(12)9-5-6-11(13-3)8(2)7-9/h1,5-7,10,12H,2-3H3/t10-/m1/s1. The third kappa shape index (κ3) is 2.01. The molecule has 1 aromatic rings. The maximum Gasteiger partial charge on any atom is 0.139 e. The van der Waals surface area contributed by atoms with Crippen LogP contribution in [-0.2, 0) is 0 Å². The normalized spacial score (nSPS) is 11.8. The Balaban J connectivity index is 3.04. The molecule has 0 aliphatic rings. The first-order valence-corrected chi connectivity index (χ1v) is 3.97. The van der Waals surface area contributed by atoms with Crippen LogP contribution in [0, 0.1) is 19.3 Å². The van der Waals surface area contributed by atoms with Gasteiger partial charge in [0.2, 0.25) is 0 Å². The summed E-state index contributed by atoms with van der Waals surface area (Å²) < 4.78 is 5.08. The highest BCUT2D eigenvalue weighted by Crippen LogP contribution is 2.21. The van der Waals surface area contributed by atoms with Crippen molar-refractivity contribution in [3.8, 4) is 18.1 Å². The van der Waals surface area contributed by atoms with Gasteiger partial charge in [-0.1, -0.05) is 12.0 Å². The van der Waals surface area contributed by atoms with Crippen LogP contribution in [0.15, 0.2) is 18.2 Å². The lowest BCUT2D eigenvalue weighted by Gasteiger charge is -2.08. The molecule has 0 aliphatic heterocycles. The van der Waals surface area contributed by atoms with Gasteiger partial charge >= 0.3 is 0 Å². The van der Waals surface area contributed by atoms with Crippen molar-refractivity contribution in [2.75, 3.05) is 7.11 Å². The SMILES string of the molecule is C#C[C@@H](O)c1ccc(OC)c(C)c1. The molecule has 0 radical (unpaired) electrons. The fourth-order valence-electron chi connectivity index (χ4n) is 1.17. The average Bonchev–Trinajstić information content (AvgIpc) is 2.16. The topological polar surface area (TPSA) is 29.5 Å². The van der Waals surface area contributed by atoms with Crippen LogP contribution in [0.2, 0.25) is 0 Å². The highest BCUT2D eigenvalue weighted by atomic mass is 16.5. The summed E-state index contributed by atoms with van der Waals surface area (Å²) in [6.07, 6.45) is 4.26. The maximum atomic E-state index is 9.34. The van der Waals surface area contributed by atoms with Crippen molar-refractivity contribution in [2.24, 2.45) is 0 Å². The number of rotatable bonds is 2. The Kier molecular flexibility index (Phi) is 2.94. The van der Waals surface area contributed by atoms with E-state index >= 15 is 0 Å². The van der Waals surface area contributed by atoms with Crippen molar-refractivity contribution < 1.29 is 9.84 Å². The van der Waals surface area contributed by atoms with Crippen LogP contribution in [-0.4, -0.2) is 12.2 Å². The Morgan fingerprint density at radius 1 is 1.54 bits per heavy atom. The molecule has 0 saturated carbocycles. The lowest BCUT2D eigenvalue weighted by molar-refractivity contribution is 0.238. The number of terminal acetylenes is 1. The molecule has 0 amide bonds. The molecule has 68 valence electrons. The van der Waals surface area contributed by atoms with Gasteiger partial charge in [-0.25, -0.2) is 0 Å². The minimum atomic E-state index is -0.829. The Morgan fingerprint density at radius 2 is 2.23 bits per heavy atom. The van der Waals surface area contributed by atoms with Crippen molar-refractivity contribution in [2.45, 2.75) is 13.0 Å². The third-order valence-electron chi connectivity index (χ3n) is 1.89. The molecule has 1 atom stereocenters. The average molecular weight is 176 g/mol. The molecule has 0 heterocycles. The Hall–Kier alpha value is -1.46. The van der Waals surface area contributed by atoms with Gasteiger partial charge in [0.1, 0.15) is 11.9 Å². The van der Waals surface area contributed by atoms with Gasteiger partial charge in [0, 0.05) is 0 Å². The van der Waals surface area contributed by atoms with Gasteiger partial charge in [-0.05, 0) is 30.2 Å². The summed E-state index contributed by atoms with van der Waals surface area (Å²) in [4.78, 5) is 0. The van der Waals surface area contributed by atoms with E-state index in [0.29, 0.717) is 0 Å². The van der Waals surface area contributed by atoms with E-state index in [4.69, 9.17) is 11.2 Å². The monoisotopic (exact) mass is 176 g/mol. The molecule has 0 saturated heterocycles. The molecule has 0 bridgehead atoms. The zero-order valence-corrected chi connectivity index (χ0v) is 7.74. The summed E-state index contributed by atoms with van der Waals surface area (Å²) in [6.45, 7) is 1.91. The molecule has 0 unspecified atom stereocenters. The molecule has 0 aromatic heterocycles. The summed E-state index contributed by atoms with van der Waals surface area (Å²) in [5.41, 5.74) is 1.69. The Bertz CT molecular complexity index is 336. The largest absolute Gasteiger partial charge is 0.496 e. The smallest absolute Gasteiger partial charge is 0.139 e. The minimum Gasteiger partial charge on any atom is -0.496 e. The molecule has 1 aromatic carbocycles. The number of aliphatic hydroxyl groups excluding tert-OH is 1. The van der Waals surface area contributed by atoms with Gasteiger partial charge in [-0.2, -0.15) is 0 Å². The van der Waals surface area contributed by atoms with E-state index in [9.17, 15) is 5.11 Å². The van der Waals surface area contributed by atoms with E-state index in [1.807, 2.05) is 13.0 Å². The first kappa shape index (κ1) is 9.63. The summed E-state index contributed by atoms with van der Waals surface area (Å²) in [7, 11) is 1.61. The number of benzene rings is 1. The maximum absolute atomic E-state index is 9.34. The van der Waals surface area contributed by atoms with Crippen LogP contribution in [0.1, 0.15) is 17.2 Å². The van der Waals surface area contributed by atoms with Crippen LogP contribution in [0.25, 0.3) is 0 Å². The van der Waals surface area contributed by atoms with Gasteiger partial charge in [0.25, 0.3) is 0 Å². The Morgan fingerprint density at radius 3 is 2.69 bits per heavy atom. The van der Waals surface area contributed by atoms with E-state index in [-0.39, 0.29) is 0 Å². The molecule has 13 heavy (non-hydrogen) atoms. The Labute approximate surface area is 78.2 Å². The number of ether oxygens (including phenoxy) is 1. The van der Waals surface area contributed by atoms with Crippen molar-refractivity contribution in [3.63, 3.8) is 0 Å². The molecule has 1 rings (SSSR count). The second-order valence-electron chi connectivity index (χ2n) is 2.80. The predicted molar refractivity (Wildman–Crippen MR) is 51.5 cm³/mol. The van der Waals surface area contributed by atoms with Gasteiger partial charge in [0.05, 0.1) is 7.11 Å². The van der Waals surface area contributed by atoms with Crippen LogP contribution in [0.5, 0.6) is 5.75 Å². The molecule has 1 N–H and O–H groups in total. The summed E-state index contributed by atoms with van der Waals surface area (Å²) in [6, 6.07) is 5.38. The van der Waals surface area contributed by atoms with E-state index in [1.54, 1.807) is 19.2 Å². The third-order valence-corrected chi connectivity index (χ3v) is 1.89. The van der Waals surface area contributed by atoms with Gasteiger partial charge < -0.3 is 9.84 Å². The predicted octanol–water partition coefficient (Wildman–Crippen LogP) is 1.67. The number of aryl methyl sites for hydroxylation is 1. The van der Waals surface area contributed by atoms with Gasteiger partial charge in [-0.15, -0.1) is 6.42 Å². The second kappa shape index (κ2) is 3.97. The zero-order chi connectivity index (χ0) is 9.84. The molecule has 0 spiro atoms. The molecule has 2 nitrogen and oxygen atoms in total. The minimum absolute atomic E-state index is 0.723. The number of hydrogen-bond acceptors (Lipinski definition) is 2. The molecule has 0 aliphatic carbocycles. The summed E-state index contributed by atoms with van der Waals surface area (Å²) in [5, 5.41) is 9.34. The van der Waals surface area contributed by atoms with Crippen molar-refractivity contribution in [1.29, 1.82) is 0 Å². The fraction of sp³-hybridized carbons (Fsp3) is 0.273. The first-order chi connectivity index (χ1) is 6.19. The van der Waals surface area contributed by atoms with Crippen LogP contribution in [0.3, 0.4) is 0 Å². The lowest BCUT2D eigenvalue weighted by Crippen LogP contribution is -1.95. The number of aliphatic hydroxyl groups is 1. The molecular weight excluding hydrogens is 164 g/mol. The number of methoxy groups -OCH3 is 1. The lowest BCUT2D eigenvalue weighted by atomic mass is 10.1. The zero-order valence-electron chi connectivity index (χ0n) is 7.74. The van der Waals surface area contributed by atoms with Crippen LogP contribution in [0.4, 0.5) is 0 Å². The van der Waals surface area contributed by atoms with E-state index in [2.05, 4.69) is 5.92 Å². The first-order valence-electron chi connectivity index (χ1n) is 3.97. The van der Waals surface area contributed by atoms with E-state index in [0.717, 1.165) is 16.9 Å². The summed E-state index contributed by atoms with van der Waals surface area (Å²) in [5.74, 6) is 3.06. The molecule has 0 fully saturated rings. The highest BCUT2D eigenvalue weighted by molar-refractivity contribution is 5.38. The quantitative estimate of drug-likeness (QED) is 0.694. The van der Waals surface area contributed by atoms with Crippen LogP contribution < -0.4 is 4.74 Å². The molecular formula is C11H12O2. The van der Waals surface area contributed by atoms with Crippen molar-refractivity contribution >= 4 is 0 Å². The summed E-state index contributed by atoms with van der Waals surface area (Å²) >= 11 is 0. The van der Waals surface area contributed by atoms with E-state index < -0.39 is 6.10 Å². The van der Waals surface area contributed by atoms with Gasteiger partial charge in [-0.3, -0.25) is 0 Å². The van der Waals surface area contributed by atoms with Crippen LogP contribution >= 0.6 is 0 Å². The van der Waals surface area contributed by atoms with Gasteiger partial charge in [0.15, 0.2) is 0 Å². The number of hydrogen-bond donors (Lipinski definition) is 1. The fourth-order valence-corrected chi connectivity index (χ4v) is 1.17.